The van der Waals surface area contributed by atoms with Crippen LogP contribution < -0.4 is 5.32 Å². The first kappa shape index (κ1) is 18.2. The van der Waals surface area contributed by atoms with E-state index in [2.05, 4.69) is 10.2 Å². The van der Waals surface area contributed by atoms with Crippen molar-refractivity contribution in [1.82, 2.24) is 10.2 Å². The van der Waals surface area contributed by atoms with Crippen LogP contribution in [0.25, 0.3) is 0 Å². The number of carbonyl (C=O) groups excluding carboxylic acids is 2. The summed E-state index contributed by atoms with van der Waals surface area (Å²) >= 11 is 0. The number of methoxy groups -OCH3 is 1. The van der Waals surface area contributed by atoms with Gasteiger partial charge in [0.25, 0.3) is 0 Å². The molecule has 0 spiro atoms. The fourth-order valence-electron chi connectivity index (χ4n) is 3.97. The average molecular weight is 326 g/mol. The van der Waals surface area contributed by atoms with E-state index < -0.39 is 0 Å². The van der Waals surface area contributed by atoms with Crippen LogP contribution in [0.2, 0.25) is 0 Å². The van der Waals surface area contributed by atoms with Crippen molar-refractivity contribution in [2.75, 3.05) is 33.4 Å². The van der Waals surface area contributed by atoms with Crippen LogP contribution in [0.1, 0.15) is 51.9 Å². The lowest BCUT2D eigenvalue weighted by Crippen LogP contribution is -2.47. The molecule has 0 aliphatic carbocycles. The highest BCUT2D eigenvalue weighted by atomic mass is 16.5. The summed E-state index contributed by atoms with van der Waals surface area (Å²) in [6.07, 6.45) is 6.41. The monoisotopic (exact) mass is 326 g/mol. The number of ether oxygens (including phenoxy) is 2. The van der Waals surface area contributed by atoms with E-state index in [0.717, 1.165) is 38.8 Å². The van der Waals surface area contributed by atoms with Crippen molar-refractivity contribution >= 4 is 11.9 Å². The first-order valence-corrected chi connectivity index (χ1v) is 8.73. The number of carbonyl (C=O) groups is 2. The molecule has 2 rings (SSSR count). The van der Waals surface area contributed by atoms with Gasteiger partial charge in [-0.1, -0.05) is 0 Å². The maximum absolute atomic E-state index is 11.8. The van der Waals surface area contributed by atoms with Crippen molar-refractivity contribution in [3.8, 4) is 0 Å². The normalized spacial score (nSPS) is 27.0. The van der Waals surface area contributed by atoms with Crippen LogP contribution in [0.3, 0.4) is 0 Å². The van der Waals surface area contributed by atoms with Crippen LogP contribution in [0.4, 0.5) is 4.79 Å². The summed E-state index contributed by atoms with van der Waals surface area (Å²) in [5.41, 5.74) is 0.173. The second kappa shape index (κ2) is 8.64. The maximum atomic E-state index is 11.8. The van der Waals surface area contributed by atoms with Gasteiger partial charge in [-0.15, -0.1) is 0 Å². The predicted octanol–water partition coefficient (Wildman–Crippen LogP) is 2.12. The Morgan fingerprint density at radius 2 is 2.13 bits per heavy atom. The average Bonchev–Trinajstić information content (AvgIpc) is 3.04. The molecule has 2 atom stereocenters. The molecule has 2 aliphatic rings. The Hall–Kier alpha value is -1.14. The molecule has 1 N–H and O–H groups in total. The molecule has 2 aliphatic heterocycles. The number of nitrogens with zero attached hydrogens (tertiary/aromatic N) is 1. The quantitative estimate of drug-likeness (QED) is 0.657. The third-order valence-electron chi connectivity index (χ3n) is 5.08. The molecule has 0 aromatic heterocycles. The van der Waals surface area contributed by atoms with Crippen LogP contribution in [0.5, 0.6) is 0 Å². The molecule has 0 bridgehead atoms. The molecule has 1 amide bonds. The number of hydrogen-bond acceptors (Lipinski definition) is 5. The Morgan fingerprint density at radius 1 is 1.30 bits per heavy atom. The van der Waals surface area contributed by atoms with E-state index in [1.54, 1.807) is 14.0 Å². The Morgan fingerprint density at radius 3 is 2.87 bits per heavy atom. The first-order chi connectivity index (χ1) is 11.1. The van der Waals surface area contributed by atoms with E-state index in [-0.39, 0.29) is 17.4 Å². The smallest absolute Gasteiger partial charge is 0.407 e. The SMILES string of the molecule is COCC12CCCN1C(COC(=O)NCCCCC(C)=O)CC2. The molecule has 2 fully saturated rings. The second-order valence-corrected chi connectivity index (χ2v) is 6.83. The molecule has 0 saturated carbocycles. The van der Waals surface area contributed by atoms with E-state index in [1.165, 1.54) is 12.8 Å². The van der Waals surface area contributed by atoms with Crippen LogP contribution in [-0.2, 0) is 14.3 Å². The van der Waals surface area contributed by atoms with E-state index in [0.29, 0.717) is 25.6 Å². The van der Waals surface area contributed by atoms with Crippen molar-refractivity contribution in [2.45, 2.75) is 63.5 Å². The van der Waals surface area contributed by atoms with E-state index >= 15 is 0 Å². The topological polar surface area (TPSA) is 67.9 Å². The molecular weight excluding hydrogens is 296 g/mol. The van der Waals surface area contributed by atoms with Gasteiger partial charge < -0.3 is 19.6 Å². The number of alkyl carbamates (subject to hydrolysis) is 1. The number of rotatable bonds is 9. The van der Waals surface area contributed by atoms with Gasteiger partial charge in [-0.05, 0) is 52.0 Å². The molecule has 132 valence electrons. The van der Waals surface area contributed by atoms with Crippen molar-refractivity contribution in [3.05, 3.63) is 0 Å². The third kappa shape index (κ3) is 4.91. The number of Topliss-reactive ketones (excluding diaryl/α,β-unsaturated/α-hetero) is 1. The van der Waals surface area contributed by atoms with Gasteiger partial charge in [0.2, 0.25) is 0 Å². The van der Waals surface area contributed by atoms with Gasteiger partial charge in [-0.25, -0.2) is 4.79 Å². The number of ketones is 1. The van der Waals surface area contributed by atoms with Crippen LogP contribution in [-0.4, -0.2) is 61.8 Å². The summed E-state index contributed by atoms with van der Waals surface area (Å²) in [5, 5.41) is 2.76. The minimum atomic E-state index is -0.351. The van der Waals surface area contributed by atoms with Gasteiger partial charge in [-0.2, -0.15) is 0 Å². The van der Waals surface area contributed by atoms with E-state index in [9.17, 15) is 9.59 Å². The van der Waals surface area contributed by atoms with Gasteiger partial charge in [0.1, 0.15) is 12.4 Å². The fraction of sp³-hybridized carbons (Fsp3) is 0.882. The summed E-state index contributed by atoms with van der Waals surface area (Å²) in [6, 6.07) is 0.316. The summed E-state index contributed by atoms with van der Waals surface area (Å²) in [5.74, 6) is 0.193. The van der Waals surface area contributed by atoms with Crippen molar-refractivity contribution in [3.63, 3.8) is 0 Å². The highest BCUT2D eigenvalue weighted by Gasteiger charge is 2.49. The summed E-state index contributed by atoms with van der Waals surface area (Å²) in [4.78, 5) is 25.1. The summed E-state index contributed by atoms with van der Waals surface area (Å²) < 4.78 is 10.8. The number of fused-ring (bicyclic) bond motifs is 1. The zero-order chi connectivity index (χ0) is 16.7. The molecule has 23 heavy (non-hydrogen) atoms. The largest absolute Gasteiger partial charge is 0.448 e. The highest BCUT2D eigenvalue weighted by Crippen LogP contribution is 2.42. The lowest BCUT2D eigenvalue weighted by molar-refractivity contribution is -0.117. The Bertz CT molecular complexity index is 415. The van der Waals surface area contributed by atoms with Crippen molar-refractivity contribution < 1.29 is 19.1 Å². The molecule has 6 nitrogen and oxygen atoms in total. The standard InChI is InChI=1S/C17H30N2O4/c1-14(20)6-3-4-10-18-16(21)23-12-15-7-9-17(13-22-2)8-5-11-19(15)17/h15H,3-13H2,1-2H3,(H,18,21). The molecule has 0 aromatic carbocycles. The number of amides is 1. The Labute approximate surface area is 138 Å². The zero-order valence-corrected chi connectivity index (χ0v) is 14.4. The van der Waals surface area contributed by atoms with Crippen LogP contribution >= 0.6 is 0 Å². The summed E-state index contributed by atoms with van der Waals surface area (Å²) in [6.45, 7) is 4.44. The minimum Gasteiger partial charge on any atom is -0.448 e. The van der Waals surface area contributed by atoms with Crippen molar-refractivity contribution in [1.29, 1.82) is 0 Å². The number of unbranched alkanes of at least 4 members (excludes halogenated alkanes) is 1. The Balaban J connectivity index is 1.64. The molecule has 2 unspecified atom stereocenters. The molecule has 0 aromatic rings. The first-order valence-electron chi connectivity index (χ1n) is 8.73. The zero-order valence-electron chi connectivity index (χ0n) is 14.4. The minimum absolute atomic E-state index is 0.173. The Kier molecular flexibility index (Phi) is 6.84. The lowest BCUT2D eigenvalue weighted by Gasteiger charge is -2.34. The second-order valence-electron chi connectivity index (χ2n) is 6.83. The van der Waals surface area contributed by atoms with Gasteiger partial charge in [-0.3, -0.25) is 4.90 Å². The molecule has 6 heteroatoms. The van der Waals surface area contributed by atoms with Gasteiger partial charge in [0.15, 0.2) is 0 Å². The number of nitrogens with one attached hydrogen (secondary N) is 1. The molecule has 2 saturated heterocycles. The number of hydrogen-bond donors (Lipinski definition) is 1. The fourth-order valence-corrected chi connectivity index (χ4v) is 3.97. The lowest BCUT2D eigenvalue weighted by atomic mass is 9.95. The highest BCUT2D eigenvalue weighted by molar-refractivity contribution is 5.75. The van der Waals surface area contributed by atoms with Crippen LogP contribution in [0.15, 0.2) is 0 Å². The van der Waals surface area contributed by atoms with Gasteiger partial charge in [0, 0.05) is 31.7 Å². The van der Waals surface area contributed by atoms with Crippen LogP contribution in [0, 0.1) is 0 Å². The summed E-state index contributed by atoms with van der Waals surface area (Å²) in [7, 11) is 1.76. The van der Waals surface area contributed by atoms with Gasteiger partial charge in [0.05, 0.1) is 6.61 Å². The van der Waals surface area contributed by atoms with E-state index in [1.807, 2.05) is 0 Å². The molecule has 2 heterocycles. The van der Waals surface area contributed by atoms with Gasteiger partial charge >= 0.3 is 6.09 Å². The predicted molar refractivity (Wildman–Crippen MR) is 87.5 cm³/mol. The maximum Gasteiger partial charge on any atom is 0.407 e. The molecular formula is C17H30N2O4. The van der Waals surface area contributed by atoms with E-state index in [4.69, 9.17) is 9.47 Å². The van der Waals surface area contributed by atoms with Crippen molar-refractivity contribution in [2.24, 2.45) is 0 Å². The third-order valence-corrected chi connectivity index (χ3v) is 5.08. The molecule has 0 radical (unpaired) electrons.